The molecule has 1 N–H and O–H groups in total. The van der Waals surface area contributed by atoms with Crippen molar-refractivity contribution >= 4 is 21.9 Å². The van der Waals surface area contributed by atoms with Crippen LogP contribution in [0.15, 0.2) is 35.4 Å². The number of hydrogen-bond donors (Lipinski definition) is 1. The van der Waals surface area contributed by atoms with Gasteiger partial charge in [-0.1, -0.05) is 0 Å². The van der Waals surface area contributed by atoms with E-state index in [0.29, 0.717) is 11.4 Å². The fourth-order valence-corrected chi connectivity index (χ4v) is 3.51. The van der Waals surface area contributed by atoms with Crippen LogP contribution in [0.4, 0.5) is 0 Å². The lowest BCUT2D eigenvalue weighted by molar-refractivity contribution is 0.614. The number of aryl methyl sites for hydroxylation is 1. The molecule has 0 aliphatic heterocycles. The highest BCUT2D eigenvalue weighted by molar-refractivity contribution is 6.02. The van der Waals surface area contributed by atoms with Gasteiger partial charge in [-0.05, 0) is 38.0 Å². The van der Waals surface area contributed by atoms with Crippen molar-refractivity contribution in [1.29, 1.82) is 0 Å². The zero-order chi connectivity index (χ0) is 17.1. The second-order valence-corrected chi connectivity index (χ2v) is 6.81. The molecule has 1 atom stereocenters. The number of hydrogen-bond acceptors (Lipinski definition) is 4. The van der Waals surface area contributed by atoms with E-state index in [0.717, 1.165) is 27.8 Å². The molecule has 4 aromatic heterocycles. The van der Waals surface area contributed by atoms with E-state index in [1.165, 1.54) is 12.8 Å². The average molecular weight is 334 g/mol. The number of aromatic amines is 1. The van der Waals surface area contributed by atoms with Crippen LogP contribution in [0.2, 0.25) is 0 Å². The Bertz CT molecular complexity index is 1150. The zero-order valence-electron chi connectivity index (χ0n) is 14.1. The Labute approximate surface area is 143 Å². The van der Waals surface area contributed by atoms with E-state index in [9.17, 15) is 4.79 Å². The highest BCUT2D eigenvalue weighted by Crippen LogP contribution is 2.40. The number of fused-ring (bicyclic) bond motifs is 3. The lowest BCUT2D eigenvalue weighted by Crippen LogP contribution is -2.26. The third kappa shape index (κ3) is 2.12. The van der Waals surface area contributed by atoms with E-state index in [1.807, 2.05) is 26.2 Å². The van der Waals surface area contributed by atoms with Crippen molar-refractivity contribution in [3.05, 3.63) is 52.3 Å². The molecule has 0 radical (unpaired) electrons. The van der Waals surface area contributed by atoms with Gasteiger partial charge in [-0.25, -0.2) is 4.98 Å². The molecule has 1 saturated carbocycles. The quantitative estimate of drug-likeness (QED) is 0.624. The summed E-state index contributed by atoms with van der Waals surface area (Å²) >= 11 is 0. The zero-order valence-corrected chi connectivity index (χ0v) is 14.1. The van der Waals surface area contributed by atoms with Crippen molar-refractivity contribution in [1.82, 2.24) is 29.5 Å². The van der Waals surface area contributed by atoms with Crippen molar-refractivity contribution in [3.63, 3.8) is 0 Å². The summed E-state index contributed by atoms with van der Waals surface area (Å²) in [7, 11) is 1.83. The summed E-state index contributed by atoms with van der Waals surface area (Å²) in [5.41, 5.74) is 3.02. The molecular weight excluding hydrogens is 316 g/mol. The van der Waals surface area contributed by atoms with Crippen molar-refractivity contribution in [2.45, 2.75) is 31.7 Å². The van der Waals surface area contributed by atoms with E-state index < -0.39 is 0 Å². The van der Waals surface area contributed by atoms with Gasteiger partial charge in [0.25, 0.3) is 5.56 Å². The molecule has 5 rings (SSSR count). The minimum absolute atomic E-state index is 0.120. The summed E-state index contributed by atoms with van der Waals surface area (Å²) < 4.78 is 3.43. The first-order valence-electron chi connectivity index (χ1n) is 8.51. The van der Waals surface area contributed by atoms with E-state index in [4.69, 9.17) is 4.98 Å². The molecule has 0 bridgehead atoms. The molecule has 1 fully saturated rings. The summed E-state index contributed by atoms with van der Waals surface area (Å²) in [6.07, 6.45) is 5.94. The standard InChI is InChI=1S/C18H18N6O/c1-10(14-7-8-19-21-14)24-17-12(5-6-15(20-17)11-3-4-11)13-9-23(2)22-16(13)18(24)25/h5-11H,3-4H2,1-2H3,(H,19,21)/t10-/m0/s1. The maximum Gasteiger partial charge on any atom is 0.281 e. The molecule has 0 unspecified atom stereocenters. The largest absolute Gasteiger partial charge is 0.282 e. The van der Waals surface area contributed by atoms with Gasteiger partial charge >= 0.3 is 0 Å². The third-order valence-electron chi connectivity index (χ3n) is 5.02. The smallest absolute Gasteiger partial charge is 0.281 e. The summed E-state index contributed by atoms with van der Waals surface area (Å²) in [6, 6.07) is 5.85. The molecule has 0 aromatic carbocycles. The average Bonchev–Trinajstić information content (AvgIpc) is 3.15. The van der Waals surface area contributed by atoms with E-state index in [1.54, 1.807) is 15.4 Å². The summed E-state index contributed by atoms with van der Waals surface area (Å²) in [5.74, 6) is 0.528. The molecule has 126 valence electrons. The molecule has 25 heavy (non-hydrogen) atoms. The van der Waals surface area contributed by atoms with Crippen molar-refractivity contribution < 1.29 is 0 Å². The normalized spacial score (nSPS) is 15.9. The molecule has 0 saturated heterocycles. The second kappa shape index (κ2) is 5.02. The van der Waals surface area contributed by atoms with E-state index in [2.05, 4.69) is 27.4 Å². The molecule has 0 spiro atoms. The van der Waals surface area contributed by atoms with Crippen molar-refractivity contribution in [3.8, 4) is 0 Å². The summed E-state index contributed by atoms with van der Waals surface area (Å²) in [4.78, 5) is 18.1. The molecule has 7 nitrogen and oxygen atoms in total. The third-order valence-corrected chi connectivity index (χ3v) is 5.02. The van der Waals surface area contributed by atoms with Crippen LogP contribution in [-0.4, -0.2) is 29.5 Å². The number of aromatic nitrogens is 6. The minimum Gasteiger partial charge on any atom is -0.282 e. The maximum absolute atomic E-state index is 13.2. The lowest BCUT2D eigenvalue weighted by atomic mass is 10.1. The van der Waals surface area contributed by atoms with E-state index >= 15 is 0 Å². The topological polar surface area (TPSA) is 81.4 Å². The summed E-state index contributed by atoms with van der Waals surface area (Å²) in [5, 5.41) is 13.2. The fourth-order valence-electron chi connectivity index (χ4n) is 3.51. The number of rotatable bonds is 3. The van der Waals surface area contributed by atoms with Crippen LogP contribution in [0, 0.1) is 0 Å². The van der Waals surface area contributed by atoms with Gasteiger partial charge in [-0.3, -0.25) is 19.1 Å². The fraction of sp³-hybridized carbons (Fsp3) is 0.333. The maximum atomic E-state index is 13.2. The molecule has 0 amide bonds. The van der Waals surface area contributed by atoms with Crippen LogP contribution in [0.25, 0.3) is 21.9 Å². The molecule has 7 heteroatoms. The van der Waals surface area contributed by atoms with Crippen molar-refractivity contribution in [2.24, 2.45) is 7.05 Å². The number of nitrogens with one attached hydrogen (secondary N) is 1. The Morgan fingerprint density at radius 1 is 1.24 bits per heavy atom. The van der Waals surface area contributed by atoms with Gasteiger partial charge in [0, 0.05) is 41.8 Å². The van der Waals surface area contributed by atoms with Crippen LogP contribution < -0.4 is 5.56 Å². The van der Waals surface area contributed by atoms with Gasteiger partial charge in [0.1, 0.15) is 5.65 Å². The Kier molecular flexibility index (Phi) is 2.89. The Balaban J connectivity index is 1.89. The van der Waals surface area contributed by atoms with Crippen LogP contribution in [-0.2, 0) is 7.05 Å². The lowest BCUT2D eigenvalue weighted by Gasteiger charge is -2.17. The molecule has 4 aromatic rings. The van der Waals surface area contributed by atoms with Gasteiger partial charge < -0.3 is 0 Å². The van der Waals surface area contributed by atoms with Gasteiger partial charge in [-0.2, -0.15) is 10.2 Å². The molecular formula is C18H18N6O. The van der Waals surface area contributed by atoms with Crippen LogP contribution in [0.5, 0.6) is 0 Å². The molecule has 1 aliphatic carbocycles. The highest BCUT2D eigenvalue weighted by atomic mass is 16.1. The monoisotopic (exact) mass is 334 g/mol. The van der Waals surface area contributed by atoms with Gasteiger partial charge in [0.05, 0.1) is 11.7 Å². The minimum atomic E-state index is -0.203. The number of H-pyrrole nitrogens is 1. The molecule has 1 aliphatic rings. The Hall–Kier alpha value is -2.96. The Morgan fingerprint density at radius 2 is 2.08 bits per heavy atom. The predicted octanol–water partition coefficient (Wildman–Crippen LogP) is 2.49. The predicted molar refractivity (Wildman–Crippen MR) is 94.7 cm³/mol. The van der Waals surface area contributed by atoms with Crippen molar-refractivity contribution in [2.75, 3.05) is 0 Å². The first kappa shape index (κ1) is 14.4. The number of pyridine rings is 2. The van der Waals surface area contributed by atoms with Gasteiger partial charge in [-0.15, -0.1) is 0 Å². The second-order valence-electron chi connectivity index (χ2n) is 6.81. The number of nitrogens with zero attached hydrogens (tertiary/aromatic N) is 5. The Morgan fingerprint density at radius 3 is 2.80 bits per heavy atom. The van der Waals surface area contributed by atoms with Gasteiger partial charge in [0.2, 0.25) is 0 Å². The van der Waals surface area contributed by atoms with Crippen LogP contribution in [0.3, 0.4) is 0 Å². The SMILES string of the molecule is C[C@@H](c1ccn[nH]1)n1c(=O)c2nn(C)cc2c2ccc(C3CC3)nc21. The van der Waals surface area contributed by atoms with E-state index in [-0.39, 0.29) is 11.6 Å². The van der Waals surface area contributed by atoms with Gasteiger partial charge in [0.15, 0.2) is 5.52 Å². The first-order valence-corrected chi connectivity index (χ1v) is 8.51. The molecule has 4 heterocycles. The van der Waals surface area contributed by atoms with Crippen LogP contribution in [0.1, 0.15) is 43.1 Å². The highest BCUT2D eigenvalue weighted by Gasteiger charge is 2.27. The first-order chi connectivity index (χ1) is 12.1. The summed E-state index contributed by atoms with van der Waals surface area (Å²) in [6.45, 7) is 1.98. The van der Waals surface area contributed by atoms with Crippen LogP contribution >= 0.6 is 0 Å².